The molecular weight excluding hydrogens is 226 g/mol. The fourth-order valence-electron chi connectivity index (χ4n) is 2.36. The lowest BCUT2D eigenvalue weighted by atomic mass is 10.2. The second-order valence-electron chi connectivity index (χ2n) is 4.61. The molecule has 2 rings (SSSR count). The number of nitrogens with two attached hydrogens (primary N) is 1. The molecule has 1 aromatic rings. The zero-order valence-electron chi connectivity index (χ0n) is 11.4. The van der Waals surface area contributed by atoms with Crippen molar-refractivity contribution in [2.45, 2.75) is 13.8 Å². The van der Waals surface area contributed by atoms with E-state index in [1.807, 2.05) is 19.1 Å². The van der Waals surface area contributed by atoms with Gasteiger partial charge in [0.15, 0.2) is 0 Å². The van der Waals surface area contributed by atoms with Crippen LogP contribution < -0.4 is 15.4 Å². The topological polar surface area (TPSA) is 41.7 Å². The summed E-state index contributed by atoms with van der Waals surface area (Å²) >= 11 is 0. The van der Waals surface area contributed by atoms with E-state index >= 15 is 0 Å². The molecule has 0 bridgehead atoms. The van der Waals surface area contributed by atoms with Crippen molar-refractivity contribution in [1.29, 1.82) is 0 Å². The molecule has 1 aliphatic rings. The minimum atomic E-state index is 0.673. The van der Waals surface area contributed by atoms with Crippen molar-refractivity contribution in [2.24, 2.45) is 0 Å². The quantitative estimate of drug-likeness (QED) is 0.826. The maximum atomic E-state index is 5.93. The summed E-state index contributed by atoms with van der Waals surface area (Å²) in [5, 5.41) is 0. The van der Waals surface area contributed by atoms with Gasteiger partial charge in [-0.2, -0.15) is 0 Å². The van der Waals surface area contributed by atoms with E-state index in [4.69, 9.17) is 10.5 Å². The number of piperazine rings is 1. The van der Waals surface area contributed by atoms with Gasteiger partial charge in [-0.05, 0) is 19.5 Å². The van der Waals surface area contributed by atoms with Crippen LogP contribution in [0.5, 0.6) is 5.75 Å². The second kappa shape index (κ2) is 5.96. The van der Waals surface area contributed by atoms with E-state index < -0.39 is 0 Å². The minimum absolute atomic E-state index is 0.673. The average Bonchev–Trinajstić information content (AvgIpc) is 2.38. The summed E-state index contributed by atoms with van der Waals surface area (Å²) in [4.78, 5) is 4.84. The first-order valence-electron chi connectivity index (χ1n) is 6.73. The van der Waals surface area contributed by atoms with Gasteiger partial charge in [-0.3, -0.25) is 0 Å². The molecule has 0 aromatic heterocycles. The van der Waals surface area contributed by atoms with E-state index in [1.54, 1.807) is 0 Å². The summed E-state index contributed by atoms with van der Waals surface area (Å²) in [5.74, 6) is 0.866. The summed E-state index contributed by atoms with van der Waals surface area (Å²) in [6, 6.07) is 6.00. The summed E-state index contributed by atoms with van der Waals surface area (Å²) in [7, 11) is 0. The van der Waals surface area contributed by atoms with Crippen LogP contribution in [0.3, 0.4) is 0 Å². The van der Waals surface area contributed by atoms with Gasteiger partial charge in [-0.25, -0.2) is 0 Å². The minimum Gasteiger partial charge on any atom is -0.494 e. The number of hydrogen-bond donors (Lipinski definition) is 1. The maximum Gasteiger partial charge on any atom is 0.123 e. The fraction of sp³-hybridized carbons (Fsp3) is 0.571. The summed E-state index contributed by atoms with van der Waals surface area (Å²) < 4.78 is 5.54. The van der Waals surface area contributed by atoms with Crippen LogP contribution in [0, 0.1) is 0 Å². The molecule has 0 unspecified atom stereocenters. The van der Waals surface area contributed by atoms with Crippen LogP contribution in [0.25, 0.3) is 0 Å². The van der Waals surface area contributed by atoms with Gasteiger partial charge >= 0.3 is 0 Å². The molecule has 1 heterocycles. The molecule has 0 amide bonds. The number of nitrogens with zero attached hydrogens (tertiary/aromatic N) is 2. The zero-order valence-corrected chi connectivity index (χ0v) is 11.4. The molecule has 0 atom stereocenters. The SMILES string of the molecule is CCOc1cc(N)cc(N2CCN(CC)CC2)c1. The average molecular weight is 249 g/mol. The van der Waals surface area contributed by atoms with Gasteiger partial charge < -0.3 is 20.3 Å². The highest BCUT2D eigenvalue weighted by Gasteiger charge is 2.16. The van der Waals surface area contributed by atoms with Crippen molar-refractivity contribution in [2.75, 3.05) is 50.0 Å². The number of likely N-dealkylation sites (N-methyl/N-ethyl adjacent to an activating group) is 1. The van der Waals surface area contributed by atoms with Gasteiger partial charge in [0.1, 0.15) is 5.75 Å². The lowest BCUT2D eigenvalue weighted by molar-refractivity contribution is 0.271. The Kier molecular flexibility index (Phi) is 4.31. The first-order valence-corrected chi connectivity index (χ1v) is 6.73. The fourth-order valence-corrected chi connectivity index (χ4v) is 2.36. The molecule has 4 nitrogen and oxygen atoms in total. The van der Waals surface area contributed by atoms with Gasteiger partial charge in [-0.1, -0.05) is 6.92 Å². The first-order chi connectivity index (χ1) is 8.72. The lowest BCUT2D eigenvalue weighted by Crippen LogP contribution is -2.46. The van der Waals surface area contributed by atoms with E-state index in [1.165, 1.54) is 5.69 Å². The van der Waals surface area contributed by atoms with Crippen LogP contribution in [0.4, 0.5) is 11.4 Å². The largest absolute Gasteiger partial charge is 0.494 e. The summed E-state index contributed by atoms with van der Waals surface area (Å²) in [6.07, 6.45) is 0. The van der Waals surface area contributed by atoms with Crippen LogP contribution in [-0.2, 0) is 0 Å². The van der Waals surface area contributed by atoms with Gasteiger partial charge in [0, 0.05) is 49.7 Å². The molecule has 1 aromatic carbocycles. The van der Waals surface area contributed by atoms with Gasteiger partial charge in [0.05, 0.1) is 6.61 Å². The molecule has 18 heavy (non-hydrogen) atoms. The molecule has 1 fully saturated rings. The van der Waals surface area contributed by atoms with Crippen molar-refractivity contribution in [3.05, 3.63) is 18.2 Å². The molecule has 0 spiro atoms. The second-order valence-corrected chi connectivity index (χ2v) is 4.61. The Bertz CT molecular complexity index is 387. The van der Waals surface area contributed by atoms with Gasteiger partial charge in [-0.15, -0.1) is 0 Å². The molecule has 1 saturated heterocycles. The molecule has 0 aliphatic carbocycles. The third-order valence-electron chi connectivity index (χ3n) is 3.41. The summed E-state index contributed by atoms with van der Waals surface area (Å²) in [5.41, 5.74) is 7.88. The van der Waals surface area contributed by atoms with Crippen LogP contribution >= 0.6 is 0 Å². The van der Waals surface area contributed by atoms with Crippen molar-refractivity contribution < 1.29 is 4.74 Å². The highest BCUT2D eigenvalue weighted by molar-refractivity contribution is 5.60. The van der Waals surface area contributed by atoms with Crippen molar-refractivity contribution in [3.8, 4) is 5.75 Å². The van der Waals surface area contributed by atoms with Crippen LogP contribution in [0.15, 0.2) is 18.2 Å². The third kappa shape index (κ3) is 3.07. The van der Waals surface area contributed by atoms with Crippen LogP contribution in [0.1, 0.15) is 13.8 Å². The Hall–Kier alpha value is -1.42. The number of benzene rings is 1. The monoisotopic (exact) mass is 249 g/mol. The smallest absolute Gasteiger partial charge is 0.123 e. The Labute approximate surface area is 109 Å². The number of ether oxygens (including phenoxy) is 1. The van der Waals surface area contributed by atoms with Crippen molar-refractivity contribution >= 4 is 11.4 Å². The van der Waals surface area contributed by atoms with Gasteiger partial charge in [0.2, 0.25) is 0 Å². The third-order valence-corrected chi connectivity index (χ3v) is 3.41. The standard InChI is InChI=1S/C14H23N3O/c1-3-16-5-7-17(8-6-16)13-9-12(15)10-14(11-13)18-4-2/h9-11H,3-8,15H2,1-2H3. The molecule has 4 heteroatoms. The first kappa shape index (κ1) is 13.0. The van der Waals surface area contributed by atoms with Crippen molar-refractivity contribution in [1.82, 2.24) is 4.90 Å². The van der Waals surface area contributed by atoms with E-state index in [0.717, 1.165) is 44.2 Å². The van der Waals surface area contributed by atoms with Crippen molar-refractivity contribution in [3.63, 3.8) is 0 Å². The maximum absolute atomic E-state index is 5.93. The van der Waals surface area contributed by atoms with Crippen LogP contribution in [0.2, 0.25) is 0 Å². The van der Waals surface area contributed by atoms with E-state index in [9.17, 15) is 0 Å². The molecule has 100 valence electrons. The molecule has 0 saturated carbocycles. The Balaban J connectivity index is 2.08. The van der Waals surface area contributed by atoms with Crippen LogP contribution in [-0.4, -0.2) is 44.2 Å². The number of hydrogen-bond acceptors (Lipinski definition) is 4. The Morgan fingerprint density at radius 2 is 1.83 bits per heavy atom. The van der Waals surface area contributed by atoms with E-state index in [0.29, 0.717) is 6.61 Å². The molecular formula is C14H23N3O. The number of nitrogen functional groups attached to an aromatic ring is 1. The number of anilines is 2. The molecule has 1 aliphatic heterocycles. The predicted octanol–water partition coefficient (Wildman–Crippen LogP) is 1.81. The number of rotatable bonds is 4. The van der Waals surface area contributed by atoms with Gasteiger partial charge in [0.25, 0.3) is 0 Å². The lowest BCUT2D eigenvalue weighted by Gasteiger charge is -2.35. The zero-order chi connectivity index (χ0) is 13.0. The van der Waals surface area contributed by atoms with E-state index in [-0.39, 0.29) is 0 Å². The Morgan fingerprint density at radius 1 is 1.11 bits per heavy atom. The molecule has 2 N–H and O–H groups in total. The normalized spacial score (nSPS) is 16.9. The highest BCUT2D eigenvalue weighted by Crippen LogP contribution is 2.26. The van der Waals surface area contributed by atoms with E-state index in [2.05, 4.69) is 22.8 Å². The Morgan fingerprint density at radius 3 is 2.44 bits per heavy atom. The molecule has 0 radical (unpaired) electrons. The predicted molar refractivity (Wildman–Crippen MR) is 76.4 cm³/mol. The highest BCUT2D eigenvalue weighted by atomic mass is 16.5. The summed E-state index contributed by atoms with van der Waals surface area (Å²) in [6.45, 7) is 10.4.